The van der Waals surface area contributed by atoms with Crippen LogP contribution in [0.2, 0.25) is 0 Å². The zero-order valence-corrected chi connectivity index (χ0v) is 17.5. The van der Waals surface area contributed by atoms with Gasteiger partial charge in [-0.3, -0.25) is 9.36 Å². The van der Waals surface area contributed by atoms with Crippen molar-refractivity contribution in [1.82, 2.24) is 9.55 Å². The van der Waals surface area contributed by atoms with Crippen molar-refractivity contribution >= 4 is 11.8 Å². The topological polar surface area (TPSA) is 70.8 Å². The first-order valence-corrected chi connectivity index (χ1v) is 10.9. The second-order valence-electron chi connectivity index (χ2n) is 8.72. The number of hydrogen-bond donors (Lipinski definition) is 1. The Bertz CT molecular complexity index is 1030. The average Bonchev–Trinajstić information content (AvgIpc) is 3.09. The molecule has 3 atom stereocenters. The summed E-state index contributed by atoms with van der Waals surface area (Å²) >= 11 is 0. The number of benzene rings is 1. The molecule has 3 aliphatic heterocycles. The van der Waals surface area contributed by atoms with Crippen LogP contribution in [0.1, 0.15) is 24.8 Å². The number of aromatic nitrogens is 2. The number of hydrogen-bond acceptors (Lipinski definition) is 6. The van der Waals surface area contributed by atoms with E-state index in [9.17, 15) is 23.1 Å². The Labute approximate surface area is 183 Å². The van der Waals surface area contributed by atoms with Crippen LogP contribution in [-0.2, 0) is 17.7 Å². The number of ether oxygens (including phenoxy) is 1. The van der Waals surface area contributed by atoms with Crippen molar-refractivity contribution in [1.29, 1.82) is 0 Å². The summed E-state index contributed by atoms with van der Waals surface area (Å²) in [6.07, 6.45) is -2.28. The van der Waals surface area contributed by atoms with Crippen LogP contribution in [0.15, 0.2) is 35.1 Å². The monoisotopic (exact) mass is 450 g/mol. The molecule has 172 valence electrons. The molecule has 10 heteroatoms. The lowest BCUT2D eigenvalue weighted by Gasteiger charge is -2.40. The molecule has 0 aliphatic carbocycles. The largest absolute Gasteiger partial charge is 0.508 e. The minimum atomic E-state index is -4.44. The van der Waals surface area contributed by atoms with Crippen molar-refractivity contribution in [2.24, 2.45) is 0 Å². The number of phenolic OH excluding ortho intramolecular Hbond substituents is 1. The molecular weight excluding hydrogens is 425 g/mol. The summed E-state index contributed by atoms with van der Waals surface area (Å²) in [6, 6.07) is 6.11. The van der Waals surface area contributed by atoms with E-state index in [0.717, 1.165) is 18.4 Å². The van der Waals surface area contributed by atoms with Gasteiger partial charge < -0.3 is 19.6 Å². The summed E-state index contributed by atoms with van der Waals surface area (Å²) in [6.45, 7) is 1.21. The first kappa shape index (κ1) is 21.1. The van der Waals surface area contributed by atoms with Crippen LogP contribution in [0.4, 0.5) is 24.9 Å². The van der Waals surface area contributed by atoms with Crippen molar-refractivity contribution in [3.8, 4) is 5.75 Å². The SMILES string of the molecule is O=c1cc(N2CC3CCC(C2)O3)nc2n1CC[C@@H](C(F)(F)F)N2CCc1ccc(O)cc1. The van der Waals surface area contributed by atoms with E-state index in [0.29, 0.717) is 25.3 Å². The summed E-state index contributed by atoms with van der Waals surface area (Å²) in [5, 5.41) is 9.46. The van der Waals surface area contributed by atoms with Gasteiger partial charge in [-0.2, -0.15) is 18.2 Å². The van der Waals surface area contributed by atoms with Gasteiger partial charge in [-0.05, 0) is 43.4 Å². The summed E-state index contributed by atoms with van der Waals surface area (Å²) < 4.78 is 48.9. The molecule has 1 aromatic carbocycles. The molecule has 2 saturated heterocycles. The molecule has 0 radical (unpaired) electrons. The summed E-state index contributed by atoms with van der Waals surface area (Å²) in [4.78, 5) is 20.6. The van der Waals surface area contributed by atoms with Gasteiger partial charge in [0.25, 0.3) is 5.56 Å². The highest BCUT2D eigenvalue weighted by Gasteiger charge is 2.47. The van der Waals surface area contributed by atoms with Crippen LogP contribution >= 0.6 is 0 Å². The predicted molar refractivity (Wildman–Crippen MR) is 112 cm³/mol. The zero-order chi connectivity index (χ0) is 22.5. The molecule has 2 aromatic rings. The number of nitrogens with zero attached hydrogens (tertiary/aromatic N) is 4. The maximum absolute atomic E-state index is 13.9. The molecule has 1 aromatic heterocycles. The van der Waals surface area contributed by atoms with Crippen molar-refractivity contribution in [3.63, 3.8) is 0 Å². The second-order valence-corrected chi connectivity index (χ2v) is 8.72. The van der Waals surface area contributed by atoms with Crippen LogP contribution in [0.5, 0.6) is 5.75 Å². The Morgan fingerprint density at radius 2 is 1.78 bits per heavy atom. The fourth-order valence-electron chi connectivity index (χ4n) is 4.93. The van der Waals surface area contributed by atoms with Gasteiger partial charge in [0.15, 0.2) is 0 Å². The van der Waals surface area contributed by atoms with E-state index in [2.05, 4.69) is 4.98 Å². The third kappa shape index (κ3) is 4.03. The van der Waals surface area contributed by atoms with Crippen molar-refractivity contribution in [3.05, 3.63) is 46.2 Å². The Morgan fingerprint density at radius 3 is 2.44 bits per heavy atom. The molecular formula is C22H25F3N4O3. The molecule has 2 fully saturated rings. The van der Waals surface area contributed by atoms with Crippen molar-refractivity contribution < 1.29 is 23.0 Å². The molecule has 0 spiro atoms. The normalized spacial score (nSPS) is 25.2. The van der Waals surface area contributed by atoms with Crippen LogP contribution in [0, 0.1) is 0 Å². The standard InChI is InChI=1S/C22H25F3N4O3/c23-22(24,25)18-8-10-29-20(31)11-19(27-12-16-5-6-17(13-27)32-16)26-21(29)28(18)9-7-14-1-3-15(30)4-2-14/h1-4,11,16-18,30H,5-10,12-13H2/t16?,17?,18-/m0/s1. The third-order valence-corrected chi connectivity index (χ3v) is 6.56. The minimum absolute atomic E-state index is 0.0182. The molecule has 2 unspecified atom stereocenters. The van der Waals surface area contributed by atoms with Gasteiger partial charge in [0.05, 0.1) is 12.2 Å². The van der Waals surface area contributed by atoms with Crippen LogP contribution in [-0.4, -0.2) is 58.7 Å². The number of alkyl halides is 3. The molecule has 4 heterocycles. The lowest BCUT2D eigenvalue weighted by Crippen LogP contribution is -2.53. The van der Waals surface area contributed by atoms with Gasteiger partial charge in [0.1, 0.15) is 17.6 Å². The van der Waals surface area contributed by atoms with Crippen molar-refractivity contribution in [2.75, 3.05) is 29.4 Å². The number of halogens is 3. The van der Waals surface area contributed by atoms with Crippen LogP contribution < -0.4 is 15.4 Å². The highest BCUT2D eigenvalue weighted by Crippen LogP contribution is 2.35. The van der Waals surface area contributed by atoms with Crippen LogP contribution in [0.3, 0.4) is 0 Å². The maximum Gasteiger partial charge on any atom is 0.408 e. The number of rotatable bonds is 4. The van der Waals surface area contributed by atoms with E-state index in [-0.39, 0.29) is 49.0 Å². The third-order valence-electron chi connectivity index (χ3n) is 6.56. The summed E-state index contributed by atoms with van der Waals surface area (Å²) in [7, 11) is 0. The van der Waals surface area contributed by atoms with Gasteiger partial charge in [-0.15, -0.1) is 0 Å². The lowest BCUT2D eigenvalue weighted by molar-refractivity contribution is -0.152. The van der Waals surface area contributed by atoms with E-state index in [1.165, 1.54) is 27.7 Å². The summed E-state index contributed by atoms with van der Waals surface area (Å²) in [5.74, 6) is 0.583. The number of fused-ring (bicyclic) bond motifs is 3. The lowest BCUT2D eigenvalue weighted by atomic mass is 10.1. The number of anilines is 2. The predicted octanol–water partition coefficient (Wildman–Crippen LogP) is 2.70. The Morgan fingerprint density at radius 1 is 1.09 bits per heavy atom. The van der Waals surface area contributed by atoms with E-state index in [1.54, 1.807) is 12.1 Å². The fraction of sp³-hybridized carbons (Fsp3) is 0.545. The molecule has 0 saturated carbocycles. The van der Waals surface area contributed by atoms with E-state index < -0.39 is 12.2 Å². The number of aromatic hydroxyl groups is 1. The van der Waals surface area contributed by atoms with Gasteiger partial charge in [-0.25, -0.2) is 0 Å². The first-order valence-electron chi connectivity index (χ1n) is 10.9. The van der Waals surface area contributed by atoms with Gasteiger partial charge >= 0.3 is 6.18 Å². The molecule has 3 aliphatic rings. The molecule has 7 nitrogen and oxygen atoms in total. The minimum Gasteiger partial charge on any atom is -0.508 e. The molecule has 2 bridgehead atoms. The molecule has 0 amide bonds. The van der Waals surface area contributed by atoms with Gasteiger partial charge in [0.2, 0.25) is 5.95 Å². The smallest absolute Gasteiger partial charge is 0.408 e. The van der Waals surface area contributed by atoms with E-state index >= 15 is 0 Å². The Kier molecular flexibility index (Phi) is 5.27. The molecule has 1 N–H and O–H groups in total. The summed E-state index contributed by atoms with van der Waals surface area (Å²) in [5.41, 5.74) is 0.461. The number of morpholine rings is 1. The fourth-order valence-corrected chi connectivity index (χ4v) is 4.93. The van der Waals surface area contributed by atoms with Crippen LogP contribution in [0.25, 0.3) is 0 Å². The van der Waals surface area contributed by atoms with E-state index in [1.807, 2.05) is 4.90 Å². The first-order chi connectivity index (χ1) is 15.3. The Balaban J connectivity index is 1.48. The maximum atomic E-state index is 13.9. The van der Waals surface area contributed by atoms with Crippen molar-refractivity contribution in [2.45, 2.75) is 56.7 Å². The number of phenols is 1. The van der Waals surface area contributed by atoms with Gasteiger partial charge in [-0.1, -0.05) is 12.1 Å². The van der Waals surface area contributed by atoms with Gasteiger partial charge in [0, 0.05) is 32.2 Å². The quantitative estimate of drug-likeness (QED) is 0.773. The Hall–Kier alpha value is -2.75. The highest BCUT2D eigenvalue weighted by molar-refractivity contribution is 5.47. The second kappa shape index (κ2) is 7.99. The highest BCUT2D eigenvalue weighted by atomic mass is 19.4. The van der Waals surface area contributed by atoms with E-state index in [4.69, 9.17) is 4.74 Å². The molecule has 32 heavy (non-hydrogen) atoms. The average molecular weight is 450 g/mol. The molecule has 5 rings (SSSR count). The zero-order valence-electron chi connectivity index (χ0n) is 17.5.